The van der Waals surface area contributed by atoms with Crippen molar-refractivity contribution in [1.29, 1.82) is 0 Å². The van der Waals surface area contributed by atoms with Crippen LogP contribution in [0.3, 0.4) is 0 Å². The molecule has 1 heterocycles. The van der Waals surface area contributed by atoms with Crippen LogP contribution in [0.2, 0.25) is 5.02 Å². The second kappa shape index (κ2) is 9.74. The third kappa shape index (κ3) is 5.32. The summed E-state index contributed by atoms with van der Waals surface area (Å²) < 4.78 is 38.2. The van der Waals surface area contributed by atoms with Crippen LogP contribution in [0.5, 0.6) is 5.75 Å². The van der Waals surface area contributed by atoms with E-state index in [1.807, 2.05) is 13.8 Å². The number of aromatic nitrogens is 1. The summed E-state index contributed by atoms with van der Waals surface area (Å²) in [4.78, 5) is 16.8. The fourth-order valence-corrected chi connectivity index (χ4v) is 3.57. The molecule has 3 aromatic carbocycles. The van der Waals surface area contributed by atoms with E-state index in [4.69, 9.17) is 33.0 Å². The number of hydrogen-bond acceptors (Lipinski definition) is 5. The van der Waals surface area contributed by atoms with E-state index >= 15 is 0 Å². The molecule has 2 N–H and O–H groups in total. The zero-order valence-corrected chi connectivity index (χ0v) is 19.6. The highest BCUT2D eigenvalue weighted by atomic mass is 35.5. The monoisotopic (exact) mass is 501 g/mol. The van der Waals surface area contributed by atoms with Crippen molar-refractivity contribution < 1.29 is 22.7 Å². The molecule has 0 radical (unpaired) electrons. The van der Waals surface area contributed by atoms with E-state index in [1.54, 1.807) is 42.5 Å². The zero-order chi connectivity index (χ0) is 24.4. The summed E-state index contributed by atoms with van der Waals surface area (Å²) in [5.74, 6) is -1.91. The van der Waals surface area contributed by atoms with Crippen LogP contribution in [-0.4, -0.2) is 22.1 Å². The molecule has 4 rings (SSSR count). The molecule has 0 unspecified atom stereocenters. The Morgan fingerprint density at radius 2 is 1.88 bits per heavy atom. The van der Waals surface area contributed by atoms with E-state index in [9.17, 15) is 13.6 Å². The molecule has 0 fully saturated rings. The first-order chi connectivity index (χ1) is 16.2. The molecule has 1 aromatic heterocycles. The molecule has 0 spiro atoms. The van der Waals surface area contributed by atoms with Crippen molar-refractivity contribution in [2.75, 3.05) is 5.32 Å². The SMILES string of the molecule is CC(C)Oc1cccc(C(=O)NC(=S)Nc2ccc3oc(-c4cc(F)c(F)cc4Cl)nc3c2)c1. The first kappa shape index (κ1) is 23.6. The lowest BCUT2D eigenvalue weighted by atomic mass is 10.2. The molecule has 0 atom stereocenters. The topological polar surface area (TPSA) is 76.4 Å². The molecular weight excluding hydrogens is 484 g/mol. The van der Waals surface area contributed by atoms with Gasteiger partial charge in [-0.3, -0.25) is 10.1 Å². The third-order valence-electron chi connectivity index (χ3n) is 4.58. The first-order valence-corrected chi connectivity index (χ1v) is 10.9. The van der Waals surface area contributed by atoms with Crippen LogP contribution in [0.15, 0.2) is 59.0 Å². The summed E-state index contributed by atoms with van der Waals surface area (Å²) in [6, 6.07) is 13.5. The second-order valence-electron chi connectivity index (χ2n) is 7.55. The number of oxazole rings is 1. The van der Waals surface area contributed by atoms with E-state index in [0.717, 1.165) is 12.1 Å². The number of anilines is 1. The lowest BCUT2D eigenvalue weighted by molar-refractivity contribution is 0.0977. The maximum Gasteiger partial charge on any atom is 0.257 e. The fourth-order valence-electron chi connectivity index (χ4n) is 3.13. The first-order valence-electron chi connectivity index (χ1n) is 10.1. The Morgan fingerprint density at radius 3 is 2.65 bits per heavy atom. The van der Waals surface area contributed by atoms with Crippen molar-refractivity contribution in [3.8, 4) is 17.2 Å². The summed E-state index contributed by atoms with van der Waals surface area (Å²) in [6.07, 6.45) is -0.0221. The quantitative estimate of drug-likeness (QED) is 0.245. The summed E-state index contributed by atoms with van der Waals surface area (Å²) in [6.45, 7) is 3.79. The molecule has 0 saturated carbocycles. The van der Waals surface area contributed by atoms with E-state index in [0.29, 0.717) is 28.1 Å². The summed E-state index contributed by atoms with van der Waals surface area (Å²) >= 11 is 11.3. The van der Waals surface area contributed by atoms with Crippen LogP contribution in [-0.2, 0) is 0 Å². The van der Waals surface area contributed by atoms with Crippen LogP contribution in [0.1, 0.15) is 24.2 Å². The number of nitrogens with zero attached hydrogens (tertiary/aromatic N) is 1. The number of carbonyl (C=O) groups excluding carboxylic acids is 1. The number of benzene rings is 3. The van der Waals surface area contributed by atoms with E-state index in [1.165, 1.54) is 0 Å². The van der Waals surface area contributed by atoms with Crippen LogP contribution in [0.25, 0.3) is 22.6 Å². The highest BCUT2D eigenvalue weighted by molar-refractivity contribution is 7.80. The molecule has 1 amide bonds. The number of amides is 1. The standard InChI is InChI=1S/C24H18ClF2N3O3S/c1-12(2)32-15-5-3-4-13(8-15)22(31)30-24(34)28-14-6-7-21-20(9-14)29-23(33-21)16-10-18(26)19(27)11-17(16)25/h3-12H,1-2H3,(H2,28,30,31,34). The predicted octanol–water partition coefficient (Wildman–Crippen LogP) is 6.34. The Kier molecular flexibility index (Phi) is 6.76. The van der Waals surface area contributed by atoms with Gasteiger partial charge in [0.05, 0.1) is 16.7 Å². The number of thiocarbonyl (C=S) groups is 1. The molecule has 174 valence electrons. The number of halogens is 3. The summed E-state index contributed by atoms with van der Waals surface area (Å²) in [7, 11) is 0. The lowest BCUT2D eigenvalue weighted by Crippen LogP contribution is -2.34. The molecule has 4 aromatic rings. The molecule has 0 saturated heterocycles. The lowest BCUT2D eigenvalue weighted by Gasteiger charge is -2.12. The molecule has 0 aliphatic rings. The van der Waals surface area contributed by atoms with Gasteiger partial charge in [0.15, 0.2) is 22.3 Å². The number of nitrogens with one attached hydrogen (secondary N) is 2. The van der Waals surface area contributed by atoms with Gasteiger partial charge < -0.3 is 14.5 Å². The van der Waals surface area contributed by atoms with Crippen molar-refractivity contribution in [1.82, 2.24) is 10.3 Å². The predicted molar refractivity (Wildman–Crippen MR) is 130 cm³/mol. The number of fused-ring (bicyclic) bond motifs is 1. The van der Waals surface area contributed by atoms with Gasteiger partial charge in [0, 0.05) is 11.3 Å². The van der Waals surface area contributed by atoms with Gasteiger partial charge in [0.2, 0.25) is 5.89 Å². The maximum absolute atomic E-state index is 13.6. The molecule has 0 aliphatic heterocycles. The summed E-state index contributed by atoms with van der Waals surface area (Å²) in [5, 5.41) is 5.56. The fraction of sp³-hybridized carbons (Fsp3) is 0.125. The van der Waals surface area contributed by atoms with Crippen molar-refractivity contribution in [3.05, 3.63) is 76.8 Å². The van der Waals surface area contributed by atoms with Gasteiger partial charge in [0.1, 0.15) is 11.3 Å². The van der Waals surface area contributed by atoms with Crippen molar-refractivity contribution in [3.63, 3.8) is 0 Å². The smallest absolute Gasteiger partial charge is 0.257 e. The maximum atomic E-state index is 13.6. The minimum Gasteiger partial charge on any atom is -0.491 e. The Hall–Kier alpha value is -3.56. The van der Waals surface area contributed by atoms with E-state index in [-0.39, 0.29) is 27.7 Å². The van der Waals surface area contributed by atoms with Crippen molar-refractivity contribution in [2.24, 2.45) is 0 Å². The van der Waals surface area contributed by atoms with Gasteiger partial charge in [-0.15, -0.1) is 0 Å². The molecule has 0 aliphatic carbocycles. The number of rotatable bonds is 5. The number of hydrogen-bond donors (Lipinski definition) is 2. The minimum absolute atomic E-state index is 0.0221. The third-order valence-corrected chi connectivity index (χ3v) is 5.10. The molecule has 0 bridgehead atoms. The zero-order valence-electron chi connectivity index (χ0n) is 18.0. The normalized spacial score (nSPS) is 11.0. The Morgan fingerprint density at radius 1 is 1.12 bits per heavy atom. The van der Waals surface area contributed by atoms with Gasteiger partial charge in [-0.1, -0.05) is 17.7 Å². The van der Waals surface area contributed by atoms with Gasteiger partial charge in [-0.05, 0) is 74.6 Å². The Balaban J connectivity index is 1.48. The number of ether oxygens (including phenoxy) is 1. The second-order valence-corrected chi connectivity index (χ2v) is 8.37. The van der Waals surface area contributed by atoms with Gasteiger partial charge >= 0.3 is 0 Å². The average Bonchev–Trinajstić information content (AvgIpc) is 3.19. The molecular formula is C24H18ClF2N3O3S. The van der Waals surface area contributed by atoms with E-state index in [2.05, 4.69) is 15.6 Å². The Bertz CT molecular complexity index is 1410. The van der Waals surface area contributed by atoms with Crippen LogP contribution in [0, 0.1) is 11.6 Å². The highest BCUT2D eigenvalue weighted by Gasteiger charge is 2.16. The average molecular weight is 502 g/mol. The van der Waals surface area contributed by atoms with Gasteiger partial charge in [-0.2, -0.15) is 0 Å². The largest absolute Gasteiger partial charge is 0.491 e. The van der Waals surface area contributed by atoms with Crippen LogP contribution >= 0.6 is 23.8 Å². The van der Waals surface area contributed by atoms with Crippen LogP contribution in [0.4, 0.5) is 14.5 Å². The van der Waals surface area contributed by atoms with E-state index < -0.39 is 17.5 Å². The molecule has 6 nitrogen and oxygen atoms in total. The minimum atomic E-state index is -1.06. The Labute approximate surface area is 203 Å². The molecule has 34 heavy (non-hydrogen) atoms. The van der Waals surface area contributed by atoms with Crippen molar-refractivity contribution in [2.45, 2.75) is 20.0 Å². The van der Waals surface area contributed by atoms with Crippen LogP contribution < -0.4 is 15.4 Å². The summed E-state index contributed by atoms with van der Waals surface area (Å²) in [5.41, 5.74) is 1.87. The number of carbonyl (C=O) groups is 1. The van der Waals surface area contributed by atoms with Gasteiger partial charge in [-0.25, -0.2) is 13.8 Å². The highest BCUT2D eigenvalue weighted by Crippen LogP contribution is 2.32. The van der Waals surface area contributed by atoms with Crippen molar-refractivity contribution >= 4 is 51.6 Å². The van der Waals surface area contributed by atoms with Gasteiger partial charge in [0.25, 0.3) is 5.91 Å². The molecule has 10 heteroatoms.